The largest absolute Gasteiger partial charge is 0.508 e. The third kappa shape index (κ3) is 15.8. The summed E-state index contributed by atoms with van der Waals surface area (Å²) in [4.78, 5) is 107. The van der Waals surface area contributed by atoms with Gasteiger partial charge >= 0.3 is 0 Å². The molecule has 3 aliphatic rings. The third-order valence-corrected chi connectivity index (χ3v) is 17.4. The molecule has 11 rings (SSSR count). The number of hydrogen-bond acceptors (Lipinski definition) is 18. The van der Waals surface area contributed by atoms with Gasteiger partial charge in [0.25, 0.3) is 35.4 Å². The fourth-order valence-electron chi connectivity index (χ4n) is 12.1. The van der Waals surface area contributed by atoms with Crippen molar-refractivity contribution in [2.45, 2.75) is 32.6 Å². The van der Waals surface area contributed by atoms with E-state index in [2.05, 4.69) is 10.6 Å². The van der Waals surface area contributed by atoms with Gasteiger partial charge in [-0.3, -0.25) is 53.1 Å². The Kier molecular flexibility index (Phi) is 21.2. The summed E-state index contributed by atoms with van der Waals surface area (Å²) in [6.45, 7) is -0.214. The number of nitrogens with zero attached hydrogens (tertiary/aromatic N) is 4. The quantitative estimate of drug-likeness (QED) is 0.0130. The number of carbonyl (C=O) groups is 8. The topological polar surface area (TPSA) is 335 Å². The molecule has 8 aromatic carbocycles. The summed E-state index contributed by atoms with van der Waals surface area (Å²) in [5, 5.41) is 97.5. The Morgan fingerprint density at radius 2 is 0.762 bits per heavy atom. The normalized spacial score (nSPS) is 14.2. The number of benzene rings is 8. The van der Waals surface area contributed by atoms with Gasteiger partial charge in [-0.1, -0.05) is 121 Å². The fraction of sp³-hybridized carbons (Fsp3) is 0.139. The first kappa shape index (κ1) is 69.3. The van der Waals surface area contributed by atoms with Crippen LogP contribution in [-0.2, 0) is 26.2 Å². The molecule has 10 N–H and O–H groups in total. The summed E-state index contributed by atoms with van der Waals surface area (Å²) in [6.07, 6.45) is 19.2. The van der Waals surface area contributed by atoms with Gasteiger partial charge < -0.3 is 56.4 Å². The number of allylic oxidation sites excluding steroid dienone is 2. The maximum absolute atomic E-state index is 13.0. The number of aromatic hydroxyl groups is 8. The van der Waals surface area contributed by atoms with Crippen molar-refractivity contribution in [3.63, 3.8) is 0 Å². The van der Waals surface area contributed by atoms with Crippen LogP contribution in [0.5, 0.6) is 46.0 Å². The lowest BCUT2D eigenvalue weighted by atomic mass is 9.96. The second-order valence-electron chi connectivity index (χ2n) is 24.1. The van der Waals surface area contributed by atoms with Crippen LogP contribution in [0, 0.1) is 5.92 Å². The van der Waals surface area contributed by atoms with Crippen LogP contribution in [-0.4, -0.2) is 141 Å². The number of carbonyl (C=O) groups excluding carboxylic acids is 8. The molecule has 1 aliphatic carbocycles. The van der Waals surface area contributed by atoms with Gasteiger partial charge in [0, 0.05) is 131 Å². The monoisotopic (exact) mass is 1360 g/mol. The van der Waals surface area contributed by atoms with Gasteiger partial charge in [0.1, 0.15) is 46.0 Å². The Morgan fingerprint density at radius 1 is 0.426 bits per heavy atom. The Bertz CT molecular complexity index is 4770. The highest BCUT2D eigenvalue weighted by atomic mass is 16.3. The molecule has 22 nitrogen and oxygen atoms in total. The van der Waals surface area contributed by atoms with E-state index in [4.69, 9.17) is 0 Å². The first-order valence-corrected chi connectivity index (χ1v) is 32.0. The summed E-state index contributed by atoms with van der Waals surface area (Å²) in [5.41, 5.74) is 4.32. The average Bonchev–Trinajstić information content (AvgIpc) is 1.63. The van der Waals surface area contributed by atoms with Crippen molar-refractivity contribution in [1.29, 1.82) is 0 Å². The van der Waals surface area contributed by atoms with Crippen LogP contribution >= 0.6 is 0 Å². The molecule has 8 aromatic rings. The number of amides is 6. The van der Waals surface area contributed by atoms with E-state index < -0.39 is 35.4 Å². The van der Waals surface area contributed by atoms with E-state index in [1.165, 1.54) is 109 Å². The van der Waals surface area contributed by atoms with Gasteiger partial charge in [-0.15, -0.1) is 0 Å². The molecule has 0 radical (unpaired) electrons. The maximum atomic E-state index is 13.0. The number of aldehydes is 2. The summed E-state index contributed by atoms with van der Waals surface area (Å²) in [6, 6.07) is 36.4. The van der Waals surface area contributed by atoms with Gasteiger partial charge in [-0.25, -0.2) is 0 Å². The standard InChI is InChI=1S/C79H68N6O16/c86-46-53-13-1-3-19-60(53)74(96)80-29-9-15-49-33-70(92)55(37-66(49)88)42-82(43-56-38-67(89)51(35-71(56)93)17-11-31-84-76(98)62-21-5-6-22-63(62)77(84)99)41-48-25-27-59(28-26-48)83(44-57-39-68(90)50(34-72(57)94)16-10-30-81-75(97)61-20-4-2-14-54(61)47-87)45-58-40-69(91)52(36-73(58)95)18-12-32-85-78(100)64-23-7-8-24-65(64)79(85)101/h1-25,27-28,33-40,46-48,88-95H,26,29-32,41-45H2,(H,80,96)(H,81,97)/b15-9+,16-10+,17-11+,18-12+. The summed E-state index contributed by atoms with van der Waals surface area (Å²) >= 11 is 0. The van der Waals surface area contributed by atoms with Crippen molar-refractivity contribution in [2.24, 2.45) is 5.92 Å². The summed E-state index contributed by atoms with van der Waals surface area (Å²) < 4.78 is 0. The average molecular weight is 1360 g/mol. The predicted molar refractivity (Wildman–Crippen MR) is 376 cm³/mol. The Labute approximate surface area is 579 Å². The number of phenols is 8. The minimum Gasteiger partial charge on any atom is -0.508 e. The molecule has 0 spiro atoms. The van der Waals surface area contributed by atoms with E-state index >= 15 is 0 Å². The molecule has 0 saturated heterocycles. The molecule has 6 amide bonds. The van der Waals surface area contributed by atoms with Crippen molar-refractivity contribution in [1.82, 2.24) is 30.2 Å². The van der Waals surface area contributed by atoms with Gasteiger partial charge in [-0.05, 0) is 103 Å². The molecule has 101 heavy (non-hydrogen) atoms. The van der Waals surface area contributed by atoms with E-state index in [0.717, 1.165) is 9.80 Å². The second kappa shape index (κ2) is 31.0. The molecule has 0 saturated carbocycles. The molecule has 1 atom stereocenters. The van der Waals surface area contributed by atoms with Crippen molar-refractivity contribution < 1.29 is 79.2 Å². The van der Waals surface area contributed by atoms with E-state index in [9.17, 15) is 79.2 Å². The van der Waals surface area contributed by atoms with Gasteiger partial charge in [0.2, 0.25) is 0 Å². The van der Waals surface area contributed by atoms with Gasteiger partial charge in [-0.2, -0.15) is 0 Å². The first-order valence-electron chi connectivity index (χ1n) is 32.0. The molecule has 2 heterocycles. The van der Waals surface area contributed by atoms with Crippen LogP contribution in [0.15, 0.2) is 194 Å². The van der Waals surface area contributed by atoms with Crippen LogP contribution in [0.3, 0.4) is 0 Å². The zero-order valence-electron chi connectivity index (χ0n) is 54.1. The predicted octanol–water partition coefficient (Wildman–Crippen LogP) is 10.6. The summed E-state index contributed by atoms with van der Waals surface area (Å²) in [7, 11) is 0. The van der Waals surface area contributed by atoms with Crippen LogP contribution in [0.1, 0.15) is 134 Å². The number of imide groups is 2. The van der Waals surface area contributed by atoms with E-state index in [-0.39, 0.29) is 200 Å². The van der Waals surface area contributed by atoms with Crippen molar-refractivity contribution in [3.05, 3.63) is 283 Å². The lowest BCUT2D eigenvalue weighted by molar-refractivity contribution is 0.0656. The van der Waals surface area contributed by atoms with Crippen LogP contribution in [0.2, 0.25) is 0 Å². The molecular formula is C79H68N6O16. The minimum absolute atomic E-state index is 0.00691. The number of nitrogens with one attached hydrogen (secondary N) is 2. The zero-order valence-corrected chi connectivity index (χ0v) is 54.1. The third-order valence-electron chi connectivity index (χ3n) is 17.4. The highest BCUT2D eigenvalue weighted by Crippen LogP contribution is 2.38. The maximum Gasteiger partial charge on any atom is 0.261 e. The molecule has 0 aromatic heterocycles. The van der Waals surface area contributed by atoms with Crippen LogP contribution < -0.4 is 10.6 Å². The highest BCUT2D eigenvalue weighted by Gasteiger charge is 2.36. The van der Waals surface area contributed by atoms with Crippen molar-refractivity contribution in [3.8, 4) is 46.0 Å². The number of fused-ring (bicyclic) bond motifs is 2. The highest BCUT2D eigenvalue weighted by molar-refractivity contribution is 6.22. The Balaban J connectivity index is 0.839. The Morgan fingerprint density at radius 3 is 1.11 bits per heavy atom. The van der Waals surface area contributed by atoms with Crippen molar-refractivity contribution >= 4 is 72.3 Å². The van der Waals surface area contributed by atoms with Gasteiger partial charge in [0.15, 0.2) is 12.6 Å². The second-order valence-corrected chi connectivity index (χ2v) is 24.1. The summed E-state index contributed by atoms with van der Waals surface area (Å²) in [5.74, 6) is -4.97. The molecule has 510 valence electrons. The number of hydrogen-bond donors (Lipinski definition) is 10. The smallest absolute Gasteiger partial charge is 0.261 e. The number of phenolic OH excluding ortho intramolecular Hbond substituents is 8. The molecule has 0 fully saturated rings. The SMILES string of the molecule is O=Cc1ccccc1C(=O)NC/C=C/c1cc(O)c(CN(Cc2cc(O)c(/C=C/CN3C(=O)c4ccccc4C3=O)cc2O)CC2C=CC(N(Cc3cc(O)c(/C=C/CNC(=O)c4ccccc4C=O)cc3O)Cc3cc(O)c(/C=C/CN4C(=O)c5ccccc5C4=O)cc3O)=CC2)cc1O. The van der Waals surface area contributed by atoms with E-state index in [0.29, 0.717) is 24.7 Å². The van der Waals surface area contributed by atoms with Crippen molar-refractivity contribution in [2.75, 3.05) is 32.7 Å². The first-order chi connectivity index (χ1) is 48.8. The molecular weight excluding hydrogens is 1290 g/mol. The van der Waals surface area contributed by atoms with Crippen LogP contribution in [0.4, 0.5) is 0 Å². The Hall–Kier alpha value is -13.1. The van der Waals surface area contributed by atoms with E-state index in [1.807, 2.05) is 23.1 Å². The molecule has 0 bridgehead atoms. The zero-order chi connectivity index (χ0) is 71.4. The lowest BCUT2D eigenvalue weighted by Gasteiger charge is -2.31. The molecule has 1 unspecified atom stereocenters. The molecule has 2 aliphatic heterocycles. The van der Waals surface area contributed by atoms with Crippen LogP contribution in [0.25, 0.3) is 24.3 Å². The van der Waals surface area contributed by atoms with E-state index in [1.54, 1.807) is 89.8 Å². The number of rotatable bonds is 27. The lowest BCUT2D eigenvalue weighted by Crippen LogP contribution is -2.30. The fourth-order valence-corrected chi connectivity index (χ4v) is 12.1. The minimum atomic E-state index is -0.493. The molecule has 22 heteroatoms. The van der Waals surface area contributed by atoms with Gasteiger partial charge in [0.05, 0.1) is 22.3 Å².